The number of hydrogen-bond acceptors (Lipinski definition) is 3. The average molecular weight is 308 g/mol. The first-order chi connectivity index (χ1) is 10.5. The number of carbonyl (C=O) groups is 2. The molecule has 22 heavy (non-hydrogen) atoms. The van der Waals surface area contributed by atoms with Gasteiger partial charge in [-0.2, -0.15) is 0 Å². The molecular formula is C17H28N2O3. The Hall–Kier alpha value is -1.10. The maximum atomic E-state index is 12.6. The number of rotatable bonds is 4. The Labute approximate surface area is 132 Å². The van der Waals surface area contributed by atoms with Crippen molar-refractivity contribution in [2.24, 2.45) is 23.7 Å². The standard InChI is InChI=1S/C17H28N2O3/c1-10(2)19-7-5-13(6-8-19)18-16(20)14-11-3-4-12(9-11)15(14)17(21)22/h10-15H,3-9H2,1-2H3,(H,18,20)(H,21,22)/t11-,12+,14+,15+/m1/s1. The summed E-state index contributed by atoms with van der Waals surface area (Å²) < 4.78 is 0. The van der Waals surface area contributed by atoms with Crippen LogP contribution in [0.1, 0.15) is 46.0 Å². The smallest absolute Gasteiger partial charge is 0.224 e. The van der Waals surface area contributed by atoms with Gasteiger partial charge in [-0.25, -0.2) is 0 Å². The highest BCUT2D eigenvalue weighted by molar-refractivity contribution is 5.85. The average Bonchev–Trinajstić information content (AvgIpc) is 3.08. The van der Waals surface area contributed by atoms with E-state index >= 15 is 0 Å². The number of hydrogen-bond donors (Lipinski definition) is 2. The molecule has 4 atom stereocenters. The molecule has 3 aliphatic rings. The largest absolute Gasteiger partial charge is 0.550 e. The predicted molar refractivity (Wildman–Crippen MR) is 79.8 cm³/mol. The number of nitrogens with one attached hydrogen (secondary N) is 2. The van der Waals surface area contributed by atoms with Gasteiger partial charge in [-0.1, -0.05) is 0 Å². The molecule has 124 valence electrons. The maximum absolute atomic E-state index is 12.6. The lowest BCUT2D eigenvalue weighted by Crippen LogP contribution is -3.16. The third-order valence-corrected chi connectivity index (χ3v) is 6.28. The van der Waals surface area contributed by atoms with Crippen LogP contribution in [-0.2, 0) is 9.59 Å². The summed E-state index contributed by atoms with van der Waals surface area (Å²) in [6.07, 6.45) is 4.84. The lowest BCUT2D eigenvalue weighted by Gasteiger charge is -2.35. The van der Waals surface area contributed by atoms with E-state index in [0.29, 0.717) is 6.04 Å². The molecule has 1 heterocycles. The van der Waals surface area contributed by atoms with Crippen molar-refractivity contribution < 1.29 is 19.6 Å². The zero-order valence-corrected chi connectivity index (χ0v) is 13.6. The Balaban J connectivity index is 1.57. The predicted octanol–water partition coefficient (Wildman–Crippen LogP) is -1.03. The van der Waals surface area contributed by atoms with Crippen molar-refractivity contribution in [2.45, 2.75) is 58.0 Å². The van der Waals surface area contributed by atoms with Crippen molar-refractivity contribution in [2.75, 3.05) is 13.1 Å². The Morgan fingerprint density at radius 2 is 1.64 bits per heavy atom. The second kappa shape index (κ2) is 6.19. The fourth-order valence-corrected chi connectivity index (χ4v) is 5.02. The van der Waals surface area contributed by atoms with Crippen LogP contribution in [0, 0.1) is 23.7 Å². The van der Waals surface area contributed by atoms with Crippen LogP contribution in [0.5, 0.6) is 0 Å². The zero-order valence-electron chi connectivity index (χ0n) is 13.6. The van der Waals surface area contributed by atoms with Gasteiger partial charge in [-0.05, 0) is 44.9 Å². The second-order valence-corrected chi connectivity index (χ2v) is 7.80. The Kier molecular flexibility index (Phi) is 4.44. The van der Waals surface area contributed by atoms with Crippen molar-refractivity contribution in [3.8, 4) is 0 Å². The molecule has 2 saturated carbocycles. The van der Waals surface area contributed by atoms with Gasteiger partial charge in [-0.3, -0.25) is 4.79 Å². The SMILES string of the molecule is CC(C)[NH+]1CCC(NC(=O)[C@H]2[C@@H]3CC[C@@H](C3)[C@@H]2C(=O)[O-])CC1. The second-order valence-electron chi connectivity index (χ2n) is 7.80. The molecule has 5 heteroatoms. The van der Waals surface area contributed by atoms with Crippen LogP contribution in [0.4, 0.5) is 0 Å². The summed E-state index contributed by atoms with van der Waals surface area (Å²) in [6.45, 7) is 6.63. The molecule has 0 aromatic heterocycles. The molecule has 0 spiro atoms. The van der Waals surface area contributed by atoms with Crippen LogP contribution in [0.2, 0.25) is 0 Å². The van der Waals surface area contributed by atoms with E-state index in [1.165, 1.54) is 0 Å². The van der Waals surface area contributed by atoms with Crippen molar-refractivity contribution in [1.82, 2.24) is 5.32 Å². The Morgan fingerprint density at radius 1 is 1.05 bits per heavy atom. The molecule has 2 N–H and O–H groups in total. The number of carboxylic acids is 1. The lowest BCUT2D eigenvalue weighted by molar-refractivity contribution is -0.926. The van der Waals surface area contributed by atoms with Crippen LogP contribution in [0.15, 0.2) is 0 Å². The molecule has 0 aromatic carbocycles. The van der Waals surface area contributed by atoms with E-state index in [1.807, 2.05) is 0 Å². The van der Waals surface area contributed by atoms with Crippen LogP contribution in [0.3, 0.4) is 0 Å². The first kappa shape index (κ1) is 15.8. The van der Waals surface area contributed by atoms with Gasteiger partial charge in [0.1, 0.15) is 0 Å². The molecule has 2 aliphatic carbocycles. The van der Waals surface area contributed by atoms with Crippen molar-refractivity contribution in [1.29, 1.82) is 0 Å². The lowest BCUT2D eigenvalue weighted by atomic mass is 9.78. The summed E-state index contributed by atoms with van der Waals surface area (Å²) in [6, 6.07) is 0.848. The first-order valence-corrected chi connectivity index (χ1v) is 8.83. The highest BCUT2D eigenvalue weighted by Gasteiger charge is 2.51. The highest BCUT2D eigenvalue weighted by atomic mass is 16.4. The number of quaternary nitrogens is 1. The van der Waals surface area contributed by atoms with Crippen molar-refractivity contribution in [3.05, 3.63) is 0 Å². The fraction of sp³-hybridized carbons (Fsp3) is 0.882. The molecule has 0 aromatic rings. The number of fused-ring (bicyclic) bond motifs is 2. The summed E-state index contributed by atoms with van der Waals surface area (Å²) in [5.41, 5.74) is 0. The monoisotopic (exact) mass is 308 g/mol. The van der Waals surface area contributed by atoms with E-state index in [9.17, 15) is 14.7 Å². The number of aliphatic carboxylic acids is 1. The molecule has 1 aliphatic heterocycles. The Morgan fingerprint density at radius 3 is 2.18 bits per heavy atom. The molecule has 1 saturated heterocycles. The molecule has 0 radical (unpaired) electrons. The summed E-state index contributed by atoms with van der Waals surface area (Å²) in [5, 5.41) is 14.6. The summed E-state index contributed by atoms with van der Waals surface area (Å²) in [7, 11) is 0. The fourth-order valence-electron chi connectivity index (χ4n) is 5.02. The number of amides is 1. The number of carboxylic acid groups (broad SMARTS) is 1. The normalized spacial score (nSPS) is 40.9. The van der Waals surface area contributed by atoms with E-state index in [0.717, 1.165) is 45.2 Å². The van der Waals surface area contributed by atoms with Crippen LogP contribution in [0.25, 0.3) is 0 Å². The molecule has 1 amide bonds. The van der Waals surface area contributed by atoms with Gasteiger partial charge in [0.15, 0.2) is 0 Å². The van der Waals surface area contributed by atoms with E-state index in [1.54, 1.807) is 4.90 Å². The summed E-state index contributed by atoms with van der Waals surface area (Å²) in [5.74, 6) is -1.53. The van der Waals surface area contributed by atoms with E-state index < -0.39 is 11.9 Å². The maximum Gasteiger partial charge on any atom is 0.224 e. The molecule has 2 bridgehead atoms. The minimum Gasteiger partial charge on any atom is -0.550 e. The van der Waals surface area contributed by atoms with Crippen molar-refractivity contribution >= 4 is 11.9 Å². The van der Waals surface area contributed by atoms with E-state index in [-0.39, 0.29) is 29.7 Å². The van der Waals surface area contributed by atoms with Gasteiger partial charge >= 0.3 is 0 Å². The van der Waals surface area contributed by atoms with Crippen LogP contribution >= 0.6 is 0 Å². The van der Waals surface area contributed by atoms with Gasteiger partial charge in [0, 0.05) is 36.7 Å². The topological polar surface area (TPSA) is 73.7 Å². The molecule has 3 fully saturated rings. The van der Waals surface area contributed by atoms with Gasteiger partial charge in [0.05, 0.1) is 19.1 Å². The van der Waals surface area contributed by atoms with Crippen molar-refractivity contribution in [3.63, 3.8) is 0 Å². The van der Waals surface area contributed by atoms with Gasteiger partial charge in [-0.15, -0.1) is 0 Å². The van der Waals surface area contributed by atoms with Gasteiger partial charge < -0.3 is 20.1 Å². The molecular weight excluding hydrogens is 280 g/mol. The quantitative estimate of drug-likeness (QED) is 0.697. The van der Waals surface area contributed by atoms with E-state index in [4.69, 9.17) is 0 Å². The van der Waals surface area contributed by atoms with Gasteiger partial charge in [0.25, 0.3) is 0 Å². The third kappa shape index (κ3) is 2.87. The first-order valence-electron chi connectivity index (χ1n) is 8.83. The number of likely N-dealkylation sites (tertiary alicyclic amines) is 1. The molecule has 5 nitrogen and oxygen atoms in total. The zero-order chi connectivity index (χ0) is 15.9. The summed E-state index contributed by atoms with van der Waals surface area (Å²) in [4.78, 5) is 25.6. The number of piperidine rings is 1. The molecule has 3 rings (SSSR count). The Bertz CT molecular complexity index is 443. The highest BCUT2D eigenvalue weighted by Crippen LogP contribution is 2.52. The van der Waals surface area contributed by atoms with E-state index in [2.05, 4.69) is 19.2 Å². The minimum absolute atomic E-state index is 0.0283. The van der Waals surface area contributed by atoms with Gasteiger partial charge in [0.2, 0.25) is 5.91 Å². The molecule has 0 unspecified atom stereocenters. The summed E-state index contributed by atoms with van der Waals surface area (Å²) >= 11 is 0. The minimum atomic E-state index is -1.02. The number of carbonyl (C=O) groups excluding carboxylic acids is 2. The van der Waals surface area contributed by atoms with Crippen LogP contribution < -0.4 is 15.3 Å². The van der Waals surface area contributed by atoms with Crippen LogP contribution in [-0.4, -0.2) is 37.0 Å². The third-order valence-electron chi connectivity index (χ3n) is 6.28.